The van der Waals surface area contributed by atoms with Gasteiger partial charge in [0.15, 0.2) is 0 Å². The summed E-state index contributed by atoms with van der Waals surface area (Å²) in [6.45, 7) is 0. The average Bonchev–Trinajstić information content (AvgIpc) is 2.31. The molecule has 90 valence electrons. The number of hydrogen-bond acceptors (Lipinski definition) is 4. The van der Waals surface area contributed by atoms with E-state index in [1.54, 1.807) is 14.2 Å². The molecule has 0 fully saturated rings. The Morgan fingerprint density at radius 2 is 1.25 bits per heavy atom. The smallest absolute Gasteiger partial charge is 0.122 e. The van der Waals surface area contributed by atoms with Gasteiger partial charge in [0.2, 0.25) is 0 Å². The molecule has 1 rings (SSSR count). The molecule has 0 aliphatic rings. The summed E-state index contributed by atoms with van der Waals surface area (Å²) in [6, 6.07) is 4.07. The maximum atomic E-state index is 5.37. The molecule has 0 radical (unpaired) electrons. The van der Waals surface area contributed by atoms with Crippen molar-refractivity contribution in [3.8, 4) is 11.5 Å². The van der Waals surface area contributed by atoms with Gasteiger partial charge in [-0.1, -0.05) is 0 Å². The van der Waals surface area contributed by atoms with Crippen LogP contribution in [0.1, 0.15) is 11.1 Å². The first-order valence-electron chi connectivity index (χ1n) is 5.22. The number of methoxy groups -OCH3 is 2. The Hall–Kier alpha value is -0.480. The molecule has 1 aromatic carbocycles. The van der Waals surface area contributed by atoms with Crippen molar-refractivity contribution < 1.29 is 9.47 Å². The second kappa shape index (κ2) is 6.97. The molecule has 16 heavy (non-hydrogen) atoms. The van der Waals surface area contributed by atoms with Crippen LogP contribution >= 0.6 is 25.3 Å². The first-order valence-corrected chi connectivity index (χ1v) is 6.48. The van der Waals surface area contributed by atoms with Crippen LogP contribution in [-0.2, 0) is 12.8 Å². The summed E-state index contributed by atoms with van der Waals surface area (Å²) in [5.41, 5.74) is 2.27. The summed E-state index contributed by atoms with van der Waals surface area (Å²) in [6.07, 6.45) is 1.76. The predicted octanol–water partition coefficient (Wildman–Crippen LogP) is 2.65. The van der Waals surface area contributed by atoms with Gasteiger partial charge in [-0.05, 0) is 47.6 Å². The molecule has 0 atom stereocenters. The highest BCUT2D eigenvalue weighted by Crippen LogP contribution is 2.29. The Balaban J connectivity index is 3.11. The second-order valence-corrected chi connectivity index (χ2v) is 4.32. The fourth-order valence-electron chi connectivity index (χ4n) is 1.66. The Labute approximate surface area is 108 Å². The summed E-state index contributed by atoms with van der Waals surface area (Å²) in [5.74, 6) is 3.41. The summed E-state index contributed by atoms with van der Waals surface area (Å²) < 4.78 is 10.7. The monoisotopic (exact) mass is 258 g/mol. The van der Waals surface area contributed by atoms with E-state index in [2.05, 4.69) is 25.3 Å². The maximum Gasteiger partial charge on any atom is 0.122 e. The van der Waals surface area contributed by atoms with Crippen molar-refractivity contribution in [3.05, 3.63) is 23.3 Å². The van der Waals surface area contributed by atoms with E-state index >= 15 is 0 Å². The third-order valence-corrected chi connectivity index (χ3v) is 2.89. The molecule has 0 aromatic heterocycles. The van der Waals surface area contributed by atoms with E-state index in [1.807, 2.05) is 12.1 Å². The quantitative estimate of drug-likeness (QED) is 0.764. The van der Waals surface area contributed by atoms with Crippen LogP contribution in [0.3, 0.4) is 0 Å². The lowest BCUT2D eigenvalue weighted by molar-refractivity contribution is 0.395. The van der Waals surface area contributed by atoms with Crippen LogP contribution in [-0.4, -0.2) is 25.7 Å². The van der Waals surface area contributed by atoms with E-state index in [0.29, 0.717) is 0 Å². The summed E-state index contributed by atoms with van der Waals surface area (Å²) in [4.78, 5) is 0. The van der Waals surface area contributed by atoms with Crippen LogP contribution in [0.2, 0.25) is 0 Å². The van der Waals surface area contributed by atoms with Gasteiger partial charge in [-0.25, -0.2) is 0 Å². The molecule has 0 bridgehead atoms. The molecule has 0 heterocycles. The Bertz CT molecular complexity index is 306. The molecule has 0 unspecified atom stereocenters. The van der Waals surface area contributed by atoms with Crippen LogP contribution < -0.4 is 9.47 Å². The van der Waals surface area contributed by atoms with Crippen LogP contribution in [0.4, 0.5) is 0 Å². The van der Waals surface area contributed by atoms with Gasteiger partial charge in [-0.3, -0.25) is 0 Å². The van der Waals surface area contributed by atoms with Crippen LogP contribution in [0.15, 0.2) is 12.1 Å². The highest BCUT2D eigenvalue weighted by molar-refractivity contribution is 7.80. The zero-order valence-electron chi connectivity index (χ0n) is 9.69. The Kier molecular flexibility index (Phi) is 5.91. The number of benzene rings is 1. The number of rotatable bonds is 6. The molecule has 1 aromatic rings. The van der Waals surface area contributed by atoms with Crippen LogP contribution in [0.5, 0.6) is 11.5 Å². The number of hydrogen-bond donors (Lipinski definition) is 2. The molecule has 0 amide bonds. The number of thiol groups is 2. The van der Waals surface area contributed by atoms with E-state index in [1.165, 1.54) is 0 Å². The zero-order valence-corrected chi connectivity index (χ0v) is 11.5. The molecular formula is C12H18O2S2. The average molecular weight is 258 g/mol. The van der Waals surface area contributed by atoms with Crippen molar-refractivity contribution in [1.29, 1.82) is 0 Å². The summed E-state index contributed by atoms with van der Waals surface area (Å²) >= 11 is 8.48. The SMILES string of the molecule is COc1cc(CCS)c(OC)cc1CCS. The number of aryl methyl sites for hydroxylation is 2. The fourth-order valence-corrected chi connectivity index (χ4v) is 2.14. The molecule has 4 heteroatoms. The van der Waals surface area contributed by atoms with Crippen molar-refractivity contribution in [3.63, 3.8) is 0 Å². The minimum atomic E-state index is 0.797. The minimum absolute atomic E-state index is 0.797. The van der Waals surface area contributed by atoms with E-state index in [4.69, 9.17) is 9.47 Å². The van der Waals surface area contributed by atoms with E-state index in [9.17, 15) is 0 Å². The van der Waals surface area contributed by atoms with Crippen molar-refractivity contribution in [2.24, 2.45) is 0 Å². The second-order valence-electron chi connectivity index (χ2n) is 3.42. The van der Waals surface area contributed by atoms with Gasteiger partial charge < -0.3 is 9.47 Å². The largest absolute Gasteiger partial charge is 0.496 e. The van der Waals surface area contributed by atoms with E-state index < -0.39 is 0 Å². The van der Waals surface area contributed by atoms with Crippen molar-refractivity contribution in [2.75, 3.05) is 25.7 Å². The summed E-state index contributed by atoms with van der Waals surface area (Å²) in [5, 5.41) is 0. The van der Waals surface area contributed by atoms with Crippen molar-refractivity contribution in [2.45, 2.75) is 12.8 Å². The number of ether oxygens (including phenoxy) is 2. The van der Waals surface area contributed by atoms with Gasteiger partial charge in [0.05, 0.1) is 14.2 Å². The molecular weight excluding hydrogens is 240 g/mol. The molecule has 0 aliphatic heterocycles. The topological polar surface area (TPSA) is 18.5 Å². The van der Waals surface area contributed by atoms with Gasteiger partial charge in [-0.15, -0.1) is 0 Å². The lowest BCUT2D eigenvalue weighted by Gasteiger charge is -2.14. The normalized spacial score (nSPS) is 10.2. The first-order chi connectivity index (χ1) is 7.76. The molecule has 0 spiro atoms. The van der Waals surface area contributed by atoms with Crippen molar-refractivity contribution >= 4 is 25.3 Å². The van der Waals surface area contributed by atoms with Gasteiger partial charge in [0.1, 0.15) is 11.5 Å². The molecule has 0 saturated heterocycles. The fraction of sp³-hybridized carbons (Fsp3) is 0.500. The molecule has 0 saturated carbocycles. The molecule has 0 N–H and O–H groups in total. The first kappa shape index (κ1) is 13.6. The van der Waals surface area contributed by atoms with Crippen molar-refractivity contribution in [1.82, 2.24) is 0 Å². The van der Waals surface area contributed by atoms with Gasteiger partial charge in [0.25, 0.3) is 0 Å². The van der Waals surface area contributed by atoms with E-state index in [0.717, 1.165) is 47.0 Å². The Morgan fingerprint density at radius 3 is 1.50 bits per heavy atom. The third-order valence-electron chi connectivity index (χ3n) is 2.45. The van der Waals surface area contributed by atoms with E-state index in [-0.39, 0.29) is 0 Å². The highest BCUT2D eigenvalue weighted by Gasteiger charge is 2.10. The lowest BCUT2D eigenvalue weighted by Crippen LogP contribution is -2.00. The van der Waals surface area contributed by atoms with Crippen LogP contribution in [0.25, 0.3) is 0 Å². The highest BCUT2D eigenvalue weighted by atomic mass is 32.1. The third kappa shape index (κ3) is 3.25. The predicted molar refractivity (Wildman–Crippen MR) is 74.7 cm³/mol. The Morgan fingerprint density at radius 1 is 0.875 bits per heavy atom. The van der Waals surface area contributed by atoms with Crippen LogP contribution in [0, 0.1) is 0 Å². The standard InChI is InChI=1S/C12H18O2S2/c1-13-11-7-10(4-6-16)12(14-2)8-9(11)3-5-15/h7-8,15-16H,3-6H2,1-2H3. The molecule has 2 nitrogen and oxygen atoms in total. The zero-order chi connectivity index (χ0) is 12.0. The minimum Gasteiger partial charge on any atom is -0.496 e. The van der Waals surface area contributed by atoms with Gasteiger partial charge >= 0.3 is 0 Å². The van der Waals surface area contributed by atoms with Gasteiger partial charge in [0, 0.05) is 0 Å². The lowest BCUT2D eigenvalue weighted by atomic mass is 10.0. The molecule has 0 aliphatic carbocycles. The summed E-state index contributed by atoms with van der Waals surface area (Å²) in [7, 11) is 3.38. The maximum absolute atomic E-state index is 5.37. The van der Waals surface area contributed by atoms with Gasteiger partial charge in [-0.2, -0.15) is 25.3 Å².